The fourth-order valence-electron chi connectivity index (χ4n) is 1.73. The van der Waals surface area contributed by atoms with Crippen molar-refractivity contribution in [1.29, 1.82) is 0 Å². The molecule has 2 heterocycles. The molecule has 7 heteroatoms. The maximum absolute atomic E-state index is 5.35. The fraction of sp³-hybridized carbons (Fsp3) is 0.429. The van der Waals surface area contributed by atoms with Gasteiger partial charge in [0.2, 0.25) is 11.9 Å². The quantitative estimate of drug-likeness (QED) is 0.806. The maximum Gasteiger partial charge on any atom is 0.323 e. The molecule has 2 rings (SSSR count). The Labute approximate surface area is 124 Å². The first-order valence-electron chi connectivity index (χ1n) is 7.00. The third kappa shape index (κ3) is 4.27. The number of aromatic nitrogens is 4. The molecule has 0 aliphatic heterocycles. The van der Waals surface area contributed by atoms with E-state index >= 15 is 0 Å². The average Bonchev–Trinajstić information content (AvgIpc) is 2.47. The third-order valence-electron chi connectivity index (χ3n) is 2.76. The van der Waals surface area contributed by atoms with E-state index < -0.39 is 0 Å². The van der Waals surface area contributed by atoms with Crippen molar-refractivity contribution >= 4 is 11.9 Å². The van der Waals surface area contributed by atoms with Crippen molar-refractivity contribution < 1.29 is 4.74 Å². The van der Waals surface area contributed by atoms with Crippen molar-refractivity contribution in [3.8, 4) is 6.01 Å². The Balaban J connectivity index is 2.13. The van der Waals surface area contributed by atoms with Crippen LogP contribution in [0, 0.1) is 6.92 Å². The first kappa shape index (κ1) is 15.0. The molecule has 0 fully saturated rings. The van der Waals surface area contributed by atoms with Gasteiger partial charge in [-0.3, -0.25) is 4.98 Å². The van der Waals surface area contributed by atoms with Gasteiger partial charge in [0.05, 0.1) is 18.8 Å². The fourth-order valence-corrected chi connectivity index (χ4v) is 1.73. The summed E-state index contributed by atoms with van der Waals surface area (Å²) in [7, 11) is 0. The molecule has 21 heavy (non-hydrogen) atoms. The van der Waals surface area contributed by atoms with E-state index in [4.69, 9.17) is 4.74 Å². The average molecular weight is 288 g/mol. The zero-order valence-corrected chi connectivity index (χ0v) is 12.6. The van der Waals surface area contributed by atoms with Crippen molar-refractivity contribution in [2.45, 2.75) is 27.3 Å². The van der Waals surface area contributed by atoms with Crippen molar-refractivity contribution in [2.75, 3.05) is 23.8 Å². The van der Waals surface area contributed by atoms with Gasteiger partial charge in [0.25, 0.3) is 0 Å². The van der Waals surface area contributed by atoms with Crippen LogP contribution in [0.2, 0.25) is 0 Å². The largest absolute Gasteiger partial charge is 0.464 e. The Morgan fingerprint density at radius 1 is 1.10 bits per heavy atom. The van der Waals surface area contributed by atoms with Crippen molar-refractivity contribution in [2.24, 2.45) is 0 Å². The Kier molecular flexibility index (Phi) is 5.25. The van der Waals surface area contributed by atoms with Gasteiger partial charge in [-0.25, -0.2) is 0 Å². The van der Waals surface area contributed by atoms with Crippen LogP contribution in [-0.4, -0.2) is 33.1 Å². The van der Waals surface area contributed by atoms with Crippen LogP contribution >= 0.6 is 0 Å². The first-order chi connectivity index (χ1) is 10.2. The van der Waals surface area contributed by atoms with E-state index in [-0.39, 0.29) is 0 Å². The standard InChI is InChI=1S/C14H20N6O/c1-4-15-12-18-13(20-14(19-12)21-5-2)17-9-11-10(3)7-6-8-16-11/h6-8H,4-5,9H2,1-3H3,(H2,15,17,18,19,20). The number of aryl methyl sites for hydroxylation is 1. The molecule has 0 aliphatic rings. The topological polar surface area (TPSA) is 84.9 Å². The summed E-state index contributed by atoms with van der Waals surface area (Å²) in [6.07, 6.45) is 1.77. The highest BCUT2D eigenvalue weighted by Gasteiger charge is 2.07. The first-order valence-corrected chi connectivity index (χ1v) is 7.00. The van der Waals surface area contributed by atoms with Crippen LogP contribution in [0.4, 0.5) is 11.9 Å². The minimum absolute atomic E-state index is 0.309. The maximum atomic E-state index is 5.35. The van der Waals surface area contributed by atoms with E-state index in [9.17, 15) is 0 Å². The van der Waals surface area contributed by atoms with Gasteiger partial charge in [-0.15, -0.1) is 0 Å². The molecule has 2 aromatic heterocycles. The van der Waals surface area contributed by atoms with Crippen LogP contribution in [0.1, 0.15) is 25.1 Å². The second-order valence-corrected chi connectivity index (χ2v) is 4.35. The lowest BCUT2D eigenvalue weighted by Crippen LogP contribution is -2.11. The molecule has 0 unspecified atom stereocenters. The van der Waals surface area contributed by atoms with E-state index in [0.29, 0.717) is 31.1 Å². The number of hydrogen-bond acceptors (Lipinski definition) is 7. The minimum atomic E-state index is 0.309. The summed E-state index contributed by atoms with van der Waals surface area (Å²) in [5.74, 6) is 0.964. The molecular formula is C14H20N6O. The molecule has 0 aromatic carbocycles. The Morgan fingerprint density at radius 2 is 1.86 bits per heavy atom. The second-order valence-electron chi connectivity index (χ2n) is 4.35. The Hall–Kier alpha value is -2.44. The highest BCUT2D eigenvalue weighted by Crippen LogP contribution is 2.12. The van der Waals surface area contributed by atoms with Gasteiger partial charge in [-0.05, 0) is 32.4 Å². The molecule has 0 aliphatic carbocycles. The van der Waals surface area contributed by atoms with Crippen LogP contribution in [-0.2, 0) is 6.54 Å². The highest BCUT2D eigenvalue weighted by molar-refractivity contribution is 5.36. The van der Waals surface area contributed by atoms with E-state index in [1.807, 2.05) is 32.9 Å². The van der Waals surface area contributed by atoms with Crippen LogP contribution in [0.3, 0.4) is 0 Å². The number of rotatable bonds is 7. The molecular weight excluding hydrogens is 268 g/mol. The van der Waals surface area contributed by atoms with Crippen LogP contribution < -0.4 is 15.4 Å². The predicted octanol–water partition coefficient (Wildman–Crippen LogP) is 2.02. The normalized spacial score (nSPS) is 10.2. The lowest BCUT2D eigenvalue weighted by atomic mass is 10.2. The Morgan fingerprint density at radius 3 is 2.52 bits per heavy atom. The van der Waals surface area contributed by atoms with Crippen molar-refractivity contribution in [3.05, 3.63) is 29.6 Å². The summed E-state index contributed by atoms with van der Waals surface area (Å²) < 4.78 is 5.35. The summed E-state index contributed by atoms with van der Waals surface area (Å²) in [4.78, 5) is 17.0. The summed E-state index contributed by atoms with van der Waals surface area (Å²) in [5, 5.41) is 6.21. The molecule has 0 radical (unpaired) electrons. The van der Waals surface area contributed by atoms with E-state index in [2.05, 4.69) is 30.6 Å². The second kappa shape index (κ2) is 7.37. The molecule has 0 bridgehead atoms. The number of anilines is 2. The lowest BCUT2D eigenvalue weighted by molar-refractivity contribution is 0.312. The molecule has 0 saturated carbocycles. The third-order valence-corrected chi connectivity index (χ3v) is 2.76. The smallest absolute Gasteiger partial charge is 0.323 e. The van der Waals surface area contributed by atoms with Gasteiger partial charge in [0.15, 0.2) is 0 Å². The number of ether oxygens (including phenoxy) is 1. The number of hydrogen-bond donors (Lipinski definition) is 2. The Bertz CT molecular complexity index is 565. The molecule has 0 atom stereocenters. The molecule has 2 N–H and O–H groups in total. The van der Waals surface area contributed by atoms with Gasteiger partial charge in [-0.2, -0.15) is 15.0 Å². The van der Waals surface area contributed by atoms with Gasteiger partial charge < -0.3 is 15.4 Å². The van der Waals surface area contributed by atoms with Crippen LogP contribution in [0.25, 0.3) is 0 Å². The lowest BCUT2D eigenvalue weighted by Gasteiger charge is -2.10. The molecule has 7 nitrogen and oxygen atoms in total. The summed E-state index contributed by atoms with van der Waals surface area (Å²) in [6, 6.07) is 4.24. The molecule has 112 valence electrons. The van der Waals surface area contributed by atoms with Crippen molar-refractivity contribution in [3.63, 3.8) is 0 Å². The number of pyridine rings is 1. The summed E-state index contributed by atoms with van der Waals surface area (Å²) >= 11 is 0. The predicted molar refractivity (Wildman–Crippen MR) is 81.5 cm³/mol. The van der Waals surface area contributed by atoms with Crippen LogP contribution in [0.15, 0.2) is 18.3 Å². The van der Waals surface area contributed by atoms with E-state index in [0.717, 1.165) is 17.8 Å². The zero-order valence-electron chi connectivity index (χ0n) is 12.6. The minimum Gasteiger partial charge on any atom is -0.464 e. The zero-order chi connectivity index (χ0) is 15.1. The van der Waals surface area contributed by atoms with Gasteiger partial charge in [0.1, 0.15) is 0 Å². The molecule has 0 saturated heterocycles. The highest BCUT2D eigenvalue weighted by atomic mass is 16.5. The molecule has 2 aromatic rings. The summed E-state index contributed by atoms with van der Waals surface area (Å²) in [6.45, 7) is 7.68. The summed E-state index contributed by atoms with van der Waals surface area (Å²) in [5.41, 5.74) is 2.08. The monoisotopic (exact) mass is 288 g/mol. The SMILES string of the molecule is CCNc1nc(NCc2ncccc2C)nc(OCC)n1. The van der Waals surface area contributed by atoms with Crippen molar-refractivity contribution in [1.82, 2.24) is 19.9 Å². The van der Waals surface area contributed by atoms with E-state index in [1.54, 1.807) is 6.20 Å². The van der Waals surface area contributed by atoms with Gasteiger partial charge in [0, 0.05) is 12.7 Å². The van der Waals surface area contributed by atoms with Gasteiger partial charge in [-0.1, -0.05) is 6.07 Å². The number of nitrogens with one attached hydrogen (secondary N) is 2. The van der Waals surface area contributed by atoms with E-state index in [1.165, 1.54) is 0 Å². The van der Waals surface area contributed by atoms with Crippen LogP contribution in [0.5, 0.6) is 6.01 Å². The number of nitrogens with zero attached hydrogens (tertiary/aromatic N) is 4. The molecule has 0 spiro atoms. The van der Waals surface area contributed by atoms with Gasteiger partial charge >= 0.3 is 6.01 Å². The molecule has 0 amide bonds.